The van der Waals surface area contributed by atoms with Gasteiger partial charge in [0.15, 0.2) is 0 Å². The van der Waals surface area contributed by atoms with Gasteiger partial charge in [0.05, 0.1) is 11.6 Å². The van der Waals surface area contributed by atoms with Crippen LogP contribution in [-0.4, -0.2) is 55.6 Å². The Morgan fingerprint density at radius 1 is 1.11 bits per heavy atom. The summed E-state index contributed by atoms with van der Waals surface area (Å²) in [4.78, 5) is 4.94. The molecule has 1 saturated heterocycles. The van der Waals surface area contributed by atoms with Crippen molar-refractivity contribution in [2.75, 3.05) is 39.8 Å². The van der Waals surface area contributed by atoms with Crippen LogP contribution in [0, 0.1) is 11.3 Å². The first-order valence-corrected chi connectivity index (χ1v) is 9.99. The van der Waals surface area contributed by atoms with Crippen molar-refractivity contribution in [3.63, 3.8) is 0 Å². The van der Waals surface area contributed by atoms with Gasteiger partial charge in [-0.1, -0.05) is 30.3 Å². The van der Waals surface area contributed by atoms with Crippen LogP contribution >= 0.6 is 0 Å². The number of rotatable bonds is 8. The molecule has 0 aromatic heterocycles. The summed E-state index contributed by atoms with van der Waals surface area (Å²) in [6.45, 7) is 9.09. The lowest BCUT2D eigenvalue weighted by Crippen LogP contribution is -2.50. The summed E-state index contributed by atoms with van der Waals surface area (Å²) in [6, 6.07) is 18.5. The largest absolute Gasteiger partial charge is 0.489 e. The van der Waals surface area contributed by atoms with Gasteiger partial charge in [0.25, 0.3) is 0 Å². The molecule has 0 spiro atoms. The Bertz CT molecular complexity index is 793. The van der Waals surface area contributed by atoms with Crippen LogP contribution in [0.1, 0.15) is 23.6 Å². The fourth-order valence-corrected chi connectivity index (χ4v) is 3.48. The minimum Gasteiger partial charge on any atom is -0.489 e. The maximum Gasteiger partial charge on any atom is 0.120 e. The molecule has 2 aromatic rings. The van der Waals surface area contributed by atoms with Crippen molar-refractivity contribution in [3.8, 4) is 11.8 Å². The molecule has 0 saturated carbocycles. The van der Waals surface area contributed by atoms with Gasteiger partial charge in [-0.05, 0) is 37.7 Å². The maximum absolute atomic E-state index is 9.19. The normalized spacial score (nSPS) is 16.5. The summed E-state index contributed by atoms with van der Waals surface area (Å²) in [5.74, 6) is 0.833. The third kappa shape index (κ3) is 5.80. The van der Waals surface area contributed by atoms with Gasteiger partial charge in [-0.2, -0.15) is 5.26 Å². The topological polar surface area (TPSA) is 51.5 Å². The number of ether oxygens (including phenoxy) is 1. The van der Waals surface area contributed by atoms with E-state index in [-0.39, 0.29) is 0 Å². The molecule has 0 aliphatic carbocycles. The third-order valence-electron chi connectivity index (χ3n) is 5.36. The molecule has 1 aliphatic heterocycles. The second-order valence-corrected chi connectivity index (χ2v) is 7.52. The number of nitrogens with zero attached hydrogens (tertiary/aromatic N) is 3. The molecule has 5 heteroatoms. The minimum atomic E-state index is 0.404. The SMILES string of the molecule is CC(CNCc1cccc(OCc2ccccc2C#N)c1)N1CCN(C)CC1. The number of nitriles is 1. The molecule has 1 heterocycles. The zero-order chi connectivity index (χ0) is 19.8. The van der Waals surface area contributed by atoms with E-state index in [2.05, 4.69) is 47.3 Å². The molecule has 0 bridgehead atoms. The molecule has 0 radical (unpaired) electrons. The van der Waals surface area contributed by atoms with Crippen molar-refractivity contribution in [2.24, 2.45) is 0 Å². The van der Waals surface area contributed by atoms with E-state index in [1.807, 2.05) is 36.4 Å². The molecule has 0 amide bonds. The summed E-state index contributed by atoms with van der Waals surface area (Å²) in [6.07, 6.45) is 0. The predicted octanol–water partition coefficient (Wildman–Crippen LogP) is 2.86. The van der Waals surface area contributed by atoms with E-state index in [1.54, 1.807) is 0 Å². The molecule has 5 nitrogen and oxygen atoms in total. The molecule has 3 rings (SSSR count). The lowest BCUT2D eigenvalue weighted by molar-refractivity contribution is 0.118. The Hall–Kier alpha value is -2.39. The zero-order valence-electron chi connectivity index (χ0n) is 16.9. The molecular formula is C23H30N4O. The van der Waals surface area contributed by atoms with Crippen LogP contribution in [-0.2, 0) is 13.2 Å². The van der Waals surface area contributed by atoms with E-state index in [0.717, 1.165) is 50.6 Å². The van der Waals surface area contributed by atoms with Crippen LogP contribution in [0.5, 0.6) is 5.75 Å². The van der Waals surface area contributed by atoms with Crippen LogP contribution in [0.25, 0.3) is 0 Å². The van der Waals surface area contributed by atoms with Gasteiger partial charge in [0, 0.05) is 50.9 Å². The maximum atomic E-state index is 9.19. The van der Waals surface area contributed by atoms with Crippen molar-refractivity contribution in [1.29, 1.82) is 5.26 Å². The number of benzene rings is 2. The van der Waals surface area contributed by atoms with Crippen LogP contribution in [0.4, 0.5) is 0 Å². The summed E-state index contributed by atoms with van der Waals surface area (Å²) in [5, 5.41) is 12.8. The Labute approximate surface area is 168 Å². The average molecular weight is 379 g/mol. The van der Waals surface area contributed by atoms with Crippen molar-refractivity contribution in [1.82, 2.24) is 15.1 Å². The van der Waals surface area contributed by atoms with Crippen LogP contribution in [0.15, 0.2) is 48.5 Å². The van der Waals surface area contributed by atoms with Gasteiger partial charge < -0.3 is 15.0 Å². The number of piperazine rings is 1. The number of hydrogen-bond donors (Lipinski definition) is 1. The Morgan fingerprint density at radius 3 is 2.68 bits per heavy atom. The molecule has 1 atom stereocenters. The standard InChI is InChI=1S/C23H30N4O/c1-19(27-12-10-26(2)11-13-27)16-25-17-20-6-5-9-23(14-20)28-18-22-8-4-3-7-21(22)15-24/h3-9,14,19,25H,10-13,16-18H2,1-2H3. The van der Waals surface area contributed by atoms with Crippen molar-refractivity contribution in [3.05, 3.63) is 65.2 Å². The Balaban J connectivity index is 1.46. The summed E-state index contributed by atoms with van der Waals surface area (Å²) in [7, 11) is 2.19. The highest BCUT2D eigenvalue weighted by molar-refractivity contribution is 5.37. The summed E-state index contributed by atoms with van der Waals surface area (Å²) < 4.78 is 5.92. The van der Waals surface area contributed by atoms with E-state index < -0.39 is 0 Å². The van der Waals surface area contributed by atoms with E-state index in [9.17, 15) is 5.26 Å². The molecule has 1 N–H and O–H groups in total. The lowest BCUT2D eigenvalue weighted by Gasteiger charge is -2.36. The molecule has 1 unspecified atom stereocenters. The highest BCUT2D eigenvalue weighted by atomic mass is 16.5. The van der Waals surface area contributed by atoms with Crippen molar-refractivity contribution >= 4 is 0 Å². The quantitative estimate of drug-likeness (QED) is 0.765. The van der Waals surface area contributed by atoms with Crippen LogP contribution in [0.2, 0.25) is 0 Å². The van der Waals surface area contributed by atoms with Gasteiger partial charge in [-0.15, -0.1) is 0 Å². The smallest absolute Gasteiger partial charge is 0.120 e. The molecule has 2 aromatic carbocycles. The first-order valence-electron chi connectivity index (χ1n) is 9.99. The van der Waals surface area contributed by atoms with Crippen LogP contribution in [0.3, 0.4) is 0 Å². The molecule has 28 heavy (non-hydrogen) atoms. The fourth-order valence-electron chi connectivity index (χ4n) is 3.48. The van der Waals surface area contributed by atoms with Gasteiger partial charge in [-0.25, -0.2) is 0 Å². The second kappa shape index (κ2) is 10.2. The lowest BCUT2D eigenvalue weighted by atomic mass is 10.1. The van der Waals surface area contributed by atoms with Crippen LogP contribution < -0.4 is 10.1 Å². The van der Waals surface area contributed by atoms with Crippen molar-refractivity contribution in [2.45, 2.75) is 26.1 Å². The second-order valence-electron chi connectivity index (χ2n) is 7.52. The first kappa shape index (κ1) is 20.3. The van der Waals surface area contributed by atoms with E-state index in [0.29, 0.717) is 18.2 Å². The summed E-state index contributed by atoms with van der Waals surface area (Å²) >= 11 is 0. The first-order chi connectivity index (χ1) is 13.7. The monoisotopic (exact) mass is 378 g/mol. The Morgan fingerprint density at radius 2 is 1.89 bits per heavy atom. The van der Waals surface area contributed by atoms with Gasteiger partial charge in [0.2, 0.25) is 0 Å². The van der Waals surface area contributed by atoms with Crippen molar-refractivity contribution < 1.29 is 4.74 Å². The van der Waals surface area contributed by atoms with Gasteiger partial charge in [-0.3, -0.25) is 4.90 Å². The van der Waals surface area contributed by atoms with E-state index in [4.69, 9.17) is 4.74 Å². The molecule has 1 fully saturated rings. The van der Waals surface area contributed by atoms with E-state index in [1.165, 1.54) is 5.56 Å². The third-order valence-corrected chi connectivity index (χ3v) is 5.36. The number of nitrogens with one attached hydrogen (secondary N) is 1. The number of hydrogen-bond acceptors (Lipinski definition) is 5. The van der Waals surface area contributed by atoms with Gasteiger partial charge in [0.1, 0.15) is 12.4 Å². The molecular weight excluding hydrogens is 348 g/mol. The highest BCUT2D eigenvalue weighted by Gasteiger charge is 2.18. The average Bonchev–Trinajstić information content (AvgIpc) is 2.73. The minimum absolute atomic E-state index is 0.404. The molecule has 148 valence electrons. The fraction of sp³-hybridized carbons (Fsp3) is 0.435. The summed E-state index contributed by atoms with van der Waals surface area (Å²) in [5.41, 5.74) is 2.78. The highest BCUT2D eigenvalue weighted by Crippen LogP contribution is 2.17. The van der Waals surface area contributed by atoms with E-state index >= 15 is 0 Å². The van der Waals surface area contributed by atoms with Gasteiger partial charge >= 0.3 is 0 Å². The zero-order valence-corrected chi connectivity index (χ0v) is 16.9. The molecule has 1 aliphatic rings. The number of likely N-dealkylation sites (N-methyl/N-ethyl adjacent to an activating group) is 1. The Kier molecular flexibility index (Phi) is 7.44. The predicted molar refractivity (Wildman–Crippen MR) is 112 cm³/mol.